The number of nitrogens with one attached hydrogen (secondary N) is 1. The molecule has 0 atom stereocenters. The minimum atomic E-state index is -0.884. The molecule has 8 heteroatoms. The standard InChI is InChI=1S/C11H17N3O5/c1-3-19-11(17)8(2)12-13-9(15)10(16)14-4-6-18-7-5-14/h3-7H2,1-2H3,(H,13,15)/b12-8+. The molecule has 8 nitrogen and oxygen atoms in total. The van der Waals surface area contributed by atoms with Crippen LogP contribution in [0.2, 0.25) is 0 Å². The Morgan fingerprint density at radius 2 is 1.95 bits per heavy atom. The Morgan fingerprint density at radius 1 is 1.32 bits per heavy atom. The lowest BCUT2D eigenvalue weighted by Gasteiger charge is -2.25. The molecule has 1 heterocycles. The van der Waals surface area contributed by atoms with Gasteiger partial charge in [0.2, 0.25) is 0 Å². The Hall–Kier alpha value is -1.96. The molecule has 1 saturated heterocycles. The summed E-state index contributed by atoms with van der Waals surface area (Å²) in [6, 6.07) is 0. The van der Waals surface area contributed by atoms with Crippen LogP contribution in [-0.2, 0) is 23.9 Å². The Balaban J connectivity index is 2.47. The molecule has 2 amide bonds. The van der Waals surface area contributed by atoms with E-state index >= 15 is 0 Å². The van der Waals surface area contributed by atoms with Gasteiger partial charge >= 0.3 is 17.8 Å². The van der Waals surface area contributed by atoms with Crippen molar-refractivity contribution >= 4 is 23.5 Å². The summed E-state index contributed by atoms with van der Waals surface area (Å²) in [5, 5.41) is 3.52. The average molecular weight is 271 g/mol. The SMILES string of the molecule is CCOC(=O)/C(C)=N/NC(=O)C(=O)N1CCOCC1. The highest BCUT2D eigenvalue weighted by Gasteiger charge is 2.23. The zero-order valence-corrected chi connectivity index (χ0v) is 11.0. The molecule has 1 N–H and O–H groups in total. The molecule has 0 spiro atoms. The number of esters is 1. The average Bonchev–Trinajstić information content (AvgIpc) is 2.44. The van der Waals surface area contributed by atoms with Gasteiger partial charge in [0, 0.05) is 13.1 Å². The van der Waals surface area contributed by atoms with Crippen molar-refractivity contribution in [3.63, 3.8) is 0 Å². The van der Waals surface area contributed by atoms with Gasteiger partial charge in [0.25, 0.3) is 0 Å². The highest BCUT2D eigenvalue weighted by atomic mass is 16.5. The molecule has 0 aliphatic carbocycles. The fourth-order valence-corrected chi connectivity index (χ4v) is 1.37. The number of hydrazone groups is 1. The maximum absolute atomic E-state index is 11.7. The van der Waals surface area contributed by atoms with Crippen molar-refractivity contribution in [3.05, 3.63) is 0 Å². The third kappa shape index (κ3) is 4.66. The highest BCUT2D eigenvalue weighted by Crippen LogP contribution is 1.97. The van der Waals surface area contributed by atoms with Gasteiger partial charge in [0.05, 0.1) is 19.8 Å². The summed E-state index contributed by atoms with van der Waals surface area (Å²) >= 11 is 0. The number of morpholine rings is 1. The van der Waals surface area contributed by atoms with Crippen LogP contribution >= 0.6 is 0 Å². The first-order valence-corrected chi connectivity index (χ1v) is 5.94. The Bertz CT molecular complexity index is 388. The largest absolute Gasteiger partial charge is 0.461 e. The second kappa shape index (κ2) is 7.47. The van der Waals surface area contributed by atoms with Gasteiger partial charge in [0.15, 0.2) is 0 Å². The molecule has 1 aliphatic rings. The summed E-state index contributed by atoms with van der Waals surface area (Å²) in [6.45, 7) is 4.81. The zero-order chi connectivity index (χ0) is 14.3. The van der Waals surface area contributed by atoms with Gasteiger partial charge in [-0.2, -0.15) is 5.10 Å². The van der Waals surface area contributed by atoms with Crippen LogP contribution in [-0.4, -0.2) is 61.3 Å². The van der Waals surface area contributed by atoms with Gasteiger partial charge in [-0.3, -0.25) is 9.59 Å². The molecular weight excluding hydrogens is 254 g/mol. The van der Waals surface area contributed by atoms with Crippen molar-refractivity contribution < 1.29 is 23.9 Å². The van der Waals surface area contributed by atoms with Gasteiger partial charge in [0.1, 0.15) is 5.71 Å². The number of nitrogens with zero attached hydrogens (tertiary/aromatic N) is 2. The first kappa shape index (κ1) is 15.1. The predicted molar refractivity (Wildman–Crippen MR) is 65.3 cm³/mol. The Labute approximate surface area is 110 Å². The van der Waals surface area contributed by atoms with Crippen molar-refractivity contribution in [2.24, 2.45) is 5.10 Å². The molecule has 0 bridgehead atoms. The number of rotatable bonds is 3. The number of hydrogen-bond donors (Lipinski definition) is 1. The zero-order valence-electron chi connectivity index (χ0n) is 11.0. The lowest BCUT2D eigenvalue weighted by molar-refractivity contribution is -0.148. The molecule has 1 aliphatic heterocycles. The van der Waals surface area contributed by atoms with Crippen LogP contribution in [0.1, 0.15) is 13.8 Å². The molecular formula is C11H17N3O5. The van der Waals surface area contributed by atoms with Crippen molar-refractivity contribution in [1.29, 1.82) is 0 Å². The van der Waals surface area contributed by atoms with E-state index in [4.69, 9.17) is 4.74 Å². The molecule has 0 saturated carbocycles. The summed E-state index contributed by atoms with van der Waals surface area (Å²) in [5.41, 5.74) is 2.01. The third-order valence-corrected chi connectivity index (χ3v) is 2.39. The monoisotopic (exact) mass is 271 g/mol. The summed E-state index contributed by atoms with van der Waals surface area (Å²) < 4.78 is 9.75. The topological polar surface area (TPSA) is 97.3 Å². The van der Waals surface area contributed by atoms with Crippen LogP contribution < -0.4 is 5.43 Å². The molecule has 1 fully saturated rings. The summed E-state index contributed by atoms with van der Waals surface area (Å²) in [6.07, 6.45) is 0. The van der Waals surface area contributed by atoms with Crippen molar-refractivity contribution in [3.8, 4) is 0 Å². The van der Waals surface area contributed by atoms with E-state index in [-0.39, 0.29) is 12.3 Å². The van der Waals surface area contributed by atoms with Gasteiger partial charge in [-0.15, -0.1) is 0 Å². The van der Waals surface area contributed by atoms with E-state index in [1.807, 2.05) is 5.43 Å². The Morgan fingerprint density at radius 3 is 2.53 bits per heavy atom. The second-order valence-electron chi connectivity index (χ2n) is 3.76. The van der Waals surface area contributed by atoms with Crippen LogP contribution in [0.3, 0.4) is 0 Å². The summed E-state index contributed by atoms with van der Waals surface area (Å²) in [4.78, 5) is 35.8. The number of carbonyl (C=O) groups excluding carboxylic acids is 3. The van der Waals surface area contributed by atoms with Crippen LogP contribution in [0.25, 0.3) is 0 Å². The van der Waals surface area contributed by atoms with Gasteiger partial charge < -0.3 is 14.4 Å². The van der Waals surface area contributed by atoms with E-state index in [2.05, 4.69) is 9.84 Å². The molecule has 0 aromatic carbocycles. The van der Waals surface area contributed by atoms with Crippen LogP contribution in [0.15, 0.2) is 5.10 Å². The van der Waals surface area contributed by atoms with E-state index in [0.29, 0.717) is 26.3 Å². The lowest BCUT2D eigenvalue weighted by Crippen LogP contribution is -2.47. The van der Waals surface area contributed by atoms with Crippen molar-refractivity contribution in [1.82, 2.24) is 10.3 Å². The van der Waals surface area contributed by atoms with E-state index in [1.54, 1.807) is 6.92 Å². The quantitative estimate of drug-likeness (QED) is 0.304. The first-order chi connectivity index (χ1) is 9.06. The molecule has 1 rings (SSSR count). The number of hydrogen-bond acceptors (Lipinski definition) is 6. The molecule has 19 heavy (non-hydrogen) atoms. The van der Waals surface area contributed by atoms with Crippen LogP contribution in [0, 0.1) is 0 Å². The number of carbonyl (C=O) groups is 3. The molecule has 0 radical (unpaired) electrons. The maximum atomic E-state index is 11.7. The van der Waals surface area contributed by atoms with Gasteiger partial charge in [-0.25, -0.2) is 10.2 Å². The number of ether oxygens (including phenoxy) is 2. The summed E-state index contributed by atoms with van der Waals surface area (Å²) in [5.74, 6) is -2.21. The normalized spacial score (nSPS) is 15.9. The van der Waals surface area contributed by atoms with Crippen molar-refractivity contribution in [2.45, 2.75) is 13.8 Å². The van der Waals surface area contributed by atoms with E-state index in [9.17, 15) is 14.4 Å². The smallest absolute Gasteiger partial charge is 0.354 e. The molecule has 0 aromatic heterocycles. The number of amides is 2. The van der Waals surface area contributed by atoms with E-state index in [1.165, 1.54) is 11.8 Å². The molecule has 106 valence electrons. The lowest BCUT2D eigenvalue weighted by atomic mass is 10.4. The molecule has 0 aromatic rings. The minimum Gasteiger partial charge on any atom is -0.461 e. The van der Waals surface area contributed by atoms with E-state index in [0.717, 1.165) is 0 Å². The fourth-order valence-electron chi connectivity index (χ4n) is 1.37. The van der Waals surface area contributed by atoms with Crippen LogP contribution in [0.4, 0.5) is 0 Å². The van der Waals surface area contributed by atoms with Crippen LogP contribution in [0.5, 0.6) is 0 Å². The third-order valence-electron chi connectivity index (χ3n) is 2.39. The second-order valence-corrected chi connectivity index (χ2v) is 3.76. The predicted octanol–water partition coefficient (Wildman–Crippen LogP) is -1.10. The van der Waals surface area contributed by atoms with E-state index < -0.39 is 17.8 Å². The Kier molecular flexibility index (Phi) is 5.94. The van der Waals surface area contributed by atoms with Gasteiger partial charge in [-0.1, -0.05) is 0 Å². The minimum absolute atomic E-state index is 0.0232. The van der Waals surface area contributed by atoms with Gasteiger partial charge in [-0.05, 0) is 13.8 Å². The van der Waals surface area contributed by atoms with Crippen molar-refractivity contribution in [2.75, 3.05) is 32.9 Å². The summed E-state index contributed by atoms with van der Waals surface area (Å²) in [7, 11) is 0. The first-order valence-electron chi connectivity index (χ1n) is 5.94. The highest BCUT2D eigenvalue weighted by molar-refractivity contribution is 6.37. The fraction of sp³-hybridized carbons (Fsp3) is 0.636. The maximum Gasteiger partial charge on any atom is 0.354 e. The molecule has 0 unspecified atom stereocenters.